The van der Waals surface area contributed by atoms with Crippen LogP contribution in [0.1, 0.15) is 45.3 Å². The second kappa shape index (κ2) is 6.48. The third kappa shape index (κ3) is 3.84. The highest BCUT2D eigenvalue weighted by molar-refractivity contribution is 7.98. The molecule has 1 saturated heterocycles. The van der Waals surface area contributed by atoms with Gasteiger partial charge in [-0.1, -0.05) is 37.7 Å². The Morgan fingerprint density at radius 3 is 2.91 bits per heavy atom. The molecule has 3 rings (SSSR count). The Kier molecular flexibility index (Phi) is 4.58. The summed E-state index contributed by atoms with van der Waals surface area (Å²) in [6, 6.07) is 0. The minimum Gasteiger partial charge on any atom is -0.376 e. The highest BCUT2D eigenvalue weighted by Gasteiger charge is 2.23. The Balaban J connectivity index is 1.66. The maximum Gasteiger partial charge on any atom is 0.344 e. The zero-order valence-corrected chi connectivity index (χ0v) is 14.4. The van der Waals surface area contributed by atoms with Crippen molar-refractivity contribution in [1.29, 1.82) is 0 Å². The van der Waals surface area contributed by atoms with E-state index in [1.807, 2.05) is 20.8 Å². The number of nitrogens with zero attached hydrogens (tertiary/aromatic N) is 4. The molecule has 0 aromatic carbocycles. The van der Waals surface area contributed by atoms with Crippen molar-refractivity contribution in [3.05, 3.63) is 22.2 Å². The van der Waals surface area contributed by atoms with Crippen LogP contribution in [0.3, 0.4) is 0 Å². The molecule has 1 fully saturated rings. The summed E-state index contributed by atoms with van der Waals surface area (Å²) in [6.07, 6.45) is 2.10. The molecule has 0 spiro atoms. The molecule has 1 unspecified atom stereocenters. The van der Waals surface area contributed by atoms with Gasteiger partial charge in [0.25, 0.3) is 0 Å². The van der Waals surface area contributed by atoms with Crippen LogP contribution in [0.15, 0.2) is 14.5 Å². The number of H-pyrrole nitrogens is 1. The van der Waals surface area contributed by atoms with E-state index >= 15 is 0 Å². The van der Waals surface area contributed by atoms with Gasteiger partial charge in [-0.25, -0.2) is 9.89 Å². The van der Waals surface area contributed by atoms with Crippen LogP contribution in [0.4, 0.5) is 0 Å². The number of aromatic amines is 1. The summed E-state index contributed by atoms with van der Waals surface area (Å²) in [4.78, 5) is 16.3. The smallest absolute Gasteiger partial charge is 0.344 e. The van der Waals surface area contributed by atoms with Crippen LogP contribution in [0, 0.1) is 0 Å². The molecule has 0 bridgehead atoms. The number of nitrogens with one attached hydrogen (secondary N) is 1. The Hall–Kier alpha value is -1.61. The van der Waals surface area contributed by atoms with E-state index in [1.165, 1.54) is 11.8 Å². The minimum absolute atomic E-state index is 0.0855. The van der Waals surface area contributed by atoms with Crippen LogP contribution in [0.2, 0.25) is 0 Å². The largest absolute Gasteiger partial charge is 0.376 e. The second-order valence-corrected chi connectivity index (χ2v) is 7.55. The first kappa shape index (κ1) is 16.3. The SMILES string of the molecule is CC(C)(C)c1nc(CSc2n[nH]c(=O)n2CC2CCCO2)no1. The summed E-state index contributed by atoms with van der Waals surface area (Å²) in [5.74, 6) is 1.70. The van der Waals surface area contributed by atoms with E-state index in [0.29, 0.717) is 29.2 Å². The lowest BCUT2D eigenvalue weighted by Gasteiger charge is -2.10. The van der Waals surface area contributed by atoms with Crippen molar-refractivity contribution in [3.8, 4) is 0 Å². The molecule has 3 heterocycles. The maximum absolute atomic E-state index is 11.9. The molecule has 1 aliphatic heterocycles. The van der Waals surface area contributed by atoms with Gasteiger partial charge in [0.2, 0.25) is 5.89 Å². The van der Waals surface area contributed by atoms with Crippen LogP contribution in [-0.4, -0.2) is 37.6 Å². The summed E-state index contributed by atoms with van der Waals surface area (Å²) in [5.41, 5.74) is -0.393. The molecule has 2 aromatic rings. The predicted molar refractivity (Wildman–Crippen MR) is 84.4 cm³/mol. The number of hydrogen-bond acceptors (Lipinski definition) is 7. The summed E-state index contributed by atoms with van der Waals surface area (Å²) in [6.45, 7) is 7.34. The molecule has 0 amide bonds. The number of aromatic nitrogens is 5. The average Bonchev–Trinajstić information content (AvgIpc) is 3.20. The topological polar surface area (TPSA) is 98.8 Å². The molecule has 8 nitrogen and oxygen atoms in total. The van der Waals surface area contributed by atoms with E-state index in [0.717, 1.165) is 19.4 Å². The molecule has 0 aliphatic carbocycles. The van der Waals surface area contributed by atoms with Crippen molar-refractivity contribution in [1.82, 2.24) is 24.9 Å². The fourth-order valence-electron chi connectivity index (χ4n) is 2.31. The first-order valence-corrected chi connectivity index (χ1v) is 8.65. The van der Waals surface area contributed by atoms with Gasteiger partial charge in [0.05, 0.1) is 18.4 Å². The number of ether oxygens (including phenoxy) is 1. The summed E-state index contributed by atoms with van der Waals surface area (Å²) in [5, 5.41) is 11.2. The highest BCUT2D eigenvalue weighted by Crippen LogP contribution is 2.23. The molecular weight excluding hydrogens is 318 g/mol. The van der Waals surface area contributed by atoms with E-state index in [4.69, 9.17) is 9.26 Å². The van der Waals surface area contributed by atoms with E-state index in [-0.39, 0.29) is 17.2 Å². The molecule has 0 radical (unpaired) electrons. The van der Waals surface area contributed by atoms with Crippen LogP contribution in [0.5, 0.6) is 0 Å². The van der Waals surface area contributed by atoms with Gasteiger partial charge < -0.3 is 9.26 Å². The molecule has 1 aliphatic rings. The van der Waals surface area contributed by atoms with Crippen molar-refractivity contribution < 1.29 is 9.26 Å². The second-order valence-electron chi connectivity index (χ2n) is 6.61. The summed E-state index contributed by atoms with van der Waals surface area (Å²) < 4.78 is 12.5. The molecule has 2 aromatic heterocycles. The van der Waals surface area contributed by atoms with Gasteiger partial charge >= 0.3 is 5.69 Å². The third-order valence-corrected chi connectivity index (χ3v) is 4.55. The molecule has 23 heavy (non-hydrogen) atoms. The molecule has 1 atom stereocenters. The number of rotatable bonds is 5. The minimum atomic E-state index is -0.216. The fourth-order valence-corrected chi connectivity index (χ4v) is 3.11. The van der Waals surface area contributed by atoms with Crippen molar-refractivity contribution >= 4 is 11.8 Å². The molecular formula is C14H21N5O3S. The van der Waals surface area contributed by atoms with Crippen molar-refractivity contribution in [2.75, 3.05) is 6.61 Å². The zero-order chi connectivity index (χ0) is 16.4. The summed E-state index contributed by atoms with van der Waals surface area (Å²) >= 11 is 1.41. The number of hydrogen-bond donors (Lipinski definition) is 1. The Labute approximate surface area is 138 Å². The van der Waals surface area contributed by atoms with Gasteiger partial charge in [0, 0.05) is 12.0 Å². The molecule has 0 saturated carbocycles. The molecule has 9 heteroatoms. The summed E-state index contributed by atoms with van der Waals surface area (Å²) in [7, 11) is 0. The quantitative estimate of drug-likeness (QED) is 0.828. The number of thioether (sulfide) groups is 1. The van der Waals surface area contributed by atoms with Gasteiger partial charge in [0.1, 0.15) is 0 Å². The Morgan fingerprint density at radius 2 is 2.26 bits per heavy atom. The highest BCUT2D eigenvalue weighted by atomic mass is 32.2. The maximum atomic E-state index is 11.9. The van der Waals surface area contributed by atoms with Crippen LogP contribution in [-0.2, 0) is 22.4 Å². The normalized spacial score (nSPS) is 18.7. The average molecular weight is 339 g/mol. The van der Waals surface area contributed by atoms with Crippen LogP contribution < -0.4 is 5.69 Å². The van der Waals surface area contributed by atoms with Crippen LogP contribution in [0.25, 0.3) is 0 Å². The lowest BCUT2D eigenvalue weighted by atomic mass is 9.97. The van der Waals surface area contributed by atoms with Crippen molar-refractivity contribution in [2.45, 2.75) is 62.6 Å². The van der Waals surface area contributed by atoms with Gasteiger partial charge in [0.15, 0.2) is 11.0 Å². The fraction of sp³-hybridized carbons (Fsp3) is 0.714. The molecule has 1 N–H and O–H groups in total. The van der Waals surface area contributed by atoms with Crippen molar-refractivity contribution in [3.63, 3.8) is 0 Å². The zero-order valence-electron chi connectivity index (χ0n) is 13.5. The molecule has 126 valence electrons. The lowest BCUT2D eigenvalue weighted by molar-refractivity contribution is 0.0941. The monoisotopic (exact) mass is 339 g/mol. The van der Waals surface area contributed by atoms with Crippen LogP contribution >= 0.6 is 11.8 Å². The van der Waals surface area contributed by atoms with Gasteiger partial charge in [-0.05, 0) is 12.8 Å². The van der Waals surface area contributed by atoms with E-state index in [9.17, 15) is 4.79 Å². The predicted octanol–water partition coefficient (Wildman–Crippen LogP) is 1.72. The van der Waals surface area contributed by atoms with Crippen molar-refractivity contribution in [2.24, 2.45) is 0 Å². The third-order valence-electron chi connectivity index (χ3n) is 3.57. The lowest BCUT2D eigenvalue weighted by Crippen LogP contribution is -2.24. The van der Waals surface area contributed by atoms with Gasteiger partial charge in [-0.2, -0.15) is 4.98 Å². The Bertz CT molecular complexity index is 709. The standard InChI is InChI=1S/C14H21N5O3S/c1-14(2,3)11-15-10(18-22-11)8-23-13-17-16-12(20)19(13)7-9-5-4-6-21-9/h9H,4-8H2,1-3H3,(H,16,20). The van der Waals surface area contributed by atoms with Gasteiger partial charge in [-0.3, -0.25) is 4.57 Å². The van der Waals surface area contributed by atoms with E-state index in [2.05, 4.69) is 20.3 Å². The Morgan fingerprint density at radius 1 is 1.43 bits per heavy atom. The first-order valence-electron chi connectivity index (χ1n) is 7.66. The van der Waals surface area contributed by atoms with E-state index < -0.39 is 0 Å². The van der Waals surface area contributed by atoms with E-state index in [1.54, 1.807) is 4.57 Å². The first-order chi connectivity index (χ1) is 10.9. The van der Waals surface area contributed by atoms with Gasteiger partial charge in [-0.15, -0.1) is 5.10 Å².